The Morgan fingerprint density at radius 1 is 0.553 bits per heavy atom. The summed E-state index contributed by atoms with van der Waals surface area (Å²) in [5, 5.41) is 180. The lowest BCUT2D eigenvalue weighted by molar-refractivity contribution is -0.412. The van der Waals surface area contributed by atoms with Crippen molar-refractivity contribution in [3.05, 3.63) is 23.3 Å². The van der Waals surface area contributed by atoms with Crippen LogP contribution in [-0.4, -0.2) is 285 Å². The van der Waals surface area contributed by atoms with Gasteiger partial charge in [-0.05, 0) is 124 Å². The molecule has 5 heterocycles. The number of aliphatic carboxylic acids is 1. The first-order valence-electron chi connectivity index (χ1n) is 33.2. The molecular weight excluding hydrogens is 1240 g/mol. The van der Waals surface area contributed by atoms with Crippen molar-refractivity contribution in [2.24, 2.45) is 50.2 Å². The first kappa shape index (κ1) is 74.1. The molecule has 0 aromatic heterocycles. The third-order valence-electron chi connectivity index (χ3n) is 24.6. The maximum absolute atomic E-state index is 13.5. The molecule has 0 aromatic rings. The Labute approximate surface area is 546 Å². The minimum Gasteiger partial charge on any atom is -0.479 e. The Morgan fingerprint density at radius 2 is 1.06 bits per heavy atom. The normalized spacial score (nSPS) is 52.6. The average Bonchev–Trinajstić information content (AvgIpc) is 0.671. The Bertz CT molecular complexity index is 2730. The van der Waals surface area contributed by atoms with E-state index in [-0.39, 0.29) is 23.2 Å². The van der Waals surface area contributed by atoms with Gasteiger partial charge >= 0.3 is 11.9 Å². The van der Waals surface area contributed by atoms with Crippen LogP contribution in [0, 0.1) is 50.2 Å². The van der Waals surface area contributed by atoms with Crippen molar-refractivity contribution in [1.29, 1.82) is 0 Å². The van der Waals surface area contributed by atoms with Crippen molar-refractivity contribution >= 4 is 11.9 Å². The van der Waals surface area contributed by atoms with E-state index in [1.165, 1.54) is 13.8 Å². The van der Waals surface area contributed by atoms with Gasteiger partial charge in [0.05, 0.1) is 49.7 Å². The van der Waals surface area contributed by atoms with Crippen LogP contribution >= 0.6 is 0 Å². The second kappa shape index (κ2) is 27.4. The predicted molar refractivity (Wildman–Crippen MR) is 319 cm³/mol. The van der Waals surface area contributed by atoms with Crippen molar-refractivity contribution in [2.75, 3.05) is 19.8 Å². The highest BCUT2D eigenvalue weighted by Gasteiger charge is 2.72. The van der Waals surface area contributed by atoms with Crippen molar-refractivity contribution in [2.45, 2.75) is 299 Å². The number of carbonyl (C=O) groups excluding carboxylic acids is 1. The summed E-state index contributed by atoms with van der Waals surface area (Å²) in [7, 11) is 0. The molecule has 94 heavy (non-hydrogen) atoms. The lowest BCUT2D eigenvalue weighted by atomic mass is 9.33. The molecule has 10 rings (SSSR count). The van der Waals surface area contributed by atoms with Crippen molar-refractivity contribution in [3.8, 4) is 0 Å². The predicted octanol–water partition coefficient (Wildman–Crippen LogP) is -2.13. The number of hydrogen-bond acceptors (Lipinski definition) is 28. The number of hydrogen-bond donors (Lipinski definition) is 16. The summed E-state index contributed by atoms with van der Waals surface area (Å²) < 4.78 is 68.1. The summed E-state index contributed by atoms with van der Waals surface area (Å²) in [5.41, 5.74) is -2.17. The third-order valence-corrected chi connectivity index (χ3v) is 24.6. The molecule has 29 nitrogen and oxygen atoms in total. The number of ether oxygens (including phenoxy) is 11. The molecule has 0 aromatic carbocycles. The molecule has 5 aliphatic heterocycles. The molecular formula is C65H104O29. The molecule has 0 spiro atoms. The number of carboxylic acid groups (broad SMARTS) is 1. The fourth-order valence-corrected chi connectivity index (χ4v) is 18.7. The number of carbonyl (C=O) groups is 2. The van der Waals surface area contributed by atoms with E-state index < -0.39 is 231 Å². The van der Waals surface area contributed by atoms with Gasteiger partial charge in [0.15, 0.2) is 37.6 Å². The fourth-order valence-electron chi connectivity index (χ4n) is 18.7. The number of aliphatic hydroxyl groups excluding tert-OH is 15. The number of aliphatic hydroxyl groups is 15. The van der Waals surface area contributed by atoms with Gasteiger partial charge in [0, 0.05) is 5.57 Å². The molecule has 0 bridgehead atoms. The highest BCUT2D eigenvalue weighted by Crippen LogP contribution is 2.76. The van der Waals surface area contributed by atoms with E-state index in [1.807, 2.05) is 13.8 Å². The smallest absolute Gasteiger partial charge is 0.335 e. The zero-order valence-corrected chi connectivity index (χ0v) is 55.3. The third kappa shape index (κ3) is 12.4. The summed E-state index contributed by atoms with van der Waals surface area (Å²) in [4.78, 5) is 26.9. The van der Waals surface area contributed by atoms with Gasteiger partial charge in [-0.25, -0.2) is 9.59 Å². The molecule has 0 amide bonds. The van der Waals surface area contributed by atoms with Gasteiger partial charge in [-0.15, -0.1) is 0 Å². The second-order valence-electron chi connectivity index (χ2n) is 30.7. The highest BCUT2D eigenvalue weighted by molar-refractivity contribution is 5.87. The molecule has 29 heteroatoms. The van der Waals surface area contributed by atoms with Gasteiger partial charge < -0.3 is 134 Å². The number of carboxylic acids is 1. The lowest BCUT2D eigenvalue weighted by Gasteiger charge is -2.72. The molecule has 5 aliphatic carbocycles. The van der Waals surface area contributed by atoms with Crippen LogP contribution in [0.3, 0.4) is 0 Å². The van der Waals surface area contributed by atoms with E-state index in [9.17, 15) is 91.3 Å². The molecule has 538 valence electrons. The first-order chi connectivity index (χ1) is 43.9. The summed E-state index contributed by atoms with van der Waals surface area (Å²) in [6.45, 7) is 18.9. The van der Waals surface area contributed by atoms with Crippen molar-refractivity contribution in [3.63, 3.8) is 0 Å². The van der Waals surface area contributed by atoms with Gasteiger partial charge in [-0.2, -0.15) is 0 Å². The van der Waals surface area contributed by atoms with Crippen LogP contribution in [0.1, 0.15) is 128 Å². The first-order valence-corrected chi connectivity index (χ1v) is 33.2. The van der Waals surface area contributed by atoms with Crippen molar-refractivity contribution in [1.82, 2.24) is 0 Å². The molecule has 9 fully saturated rings. The van der Waals surface area contributed by atoms with Gasteiger partial charge in [0.1, 0.15) is 110 Å². The van der Waals surface area contributed by atoms with Crippen molar-refractivity contribution < 1.29 is 143 Å². The SMILES string of the molecule is C/C=C(/C)C(=O)O[C@H]1CC(C)(C)C[C@H]2C3=CC[C@@H]4[C@@]5(C)CC[C@H](O[C@@H]6O[C@H](C(=O)O)[C@@H](O)[C@H](O[C@@H]7O[C@H](CO)[C@H](O)[C@H](O)[C@H]7O[C@@H]7O[C@@H](C)[C@H](O)[C@@H](O)[C@H]7O[C@@H]7O[C@@H](C)[C@H](O)[C@@H](O)[C@H]7O)[C@H]6O[C@@H]6O[C@H](CO)[C@@H](O)[C@H](O)[C@H]6O)C(C)(C)[C@@H]5CC[C@@]4(C)[C@]3(C)C[C@@H](O)[C@@]12CO. The Hall–Kier alpha value is -2.58. The second-order valence-corrected chi connectivity index (χ2v) is 30.7. The van der Waals surface area contributed by atoms with Crippen LogP contribution < -0.4 is 0 Å². The number of allylic oxidation sites excluding steroid dienone is 3. The number of esters is 1. The zero-order chi connectivity index (χ0) is 69.2. The molecule has 35 atom stereocenters. The maximum atomic E-state index is 13.5. The largest absolute Gasteiger partial charge is 0.479 e. The Kier molecular flexibility index (Phi) is 21.6. The van der Waals surface area contributed by atoms with E-state index in [1.54, 1.807) is 19.9 Å². The molecule has 5 saturated heterocycles. The van der Waals surface area contributed by atoms with E-state index in [4.69, 9.17) is 52.1 Å². The van der Waals surface area contributed by atoms with Crippen LogP contribution in [0.15, 0.2) is 23.3 Å². The highest BCUT2D eigenvalue weighted by atomic mass is 16.8. The topological polar surface area (TPSA) is 459 Å². The zero-order valence-electron chi connectivity index (χ0n) is 55.3. The molecule has 4 saturated carbocycles. The minimum atomic E-state index is -2.34. The van der Waals surface area contributed by atoms with E-state index in [0.717, 1.165) is 5.57 Å². The molecule has 16 N–H and O–H groups in total. The number of fused-ring (bicyclic) bond motifs is 7. The minimum absolute atomic E-state index is 0.0131. The van der Waals surface area contributed by atoms with Gasteiger partial charge in [-0.1, -0.05) is 66.2 Å². The van der Waals surface area contributed by atoms with Gasteiger partial charge in [0.2, 0.25) is 0 Å². The van der Waals surface area contributed by atoms with Crippen LogP contribution in [0.4, 0.5) is 0 Å². The summed E-state index contributed by atoms with van der Waals surface area (Å²) in [5.74, 6) is -2.69. The summed E-state index contributed by atoms with van der Waals surface area (Å²) >= 11 is 0. The molecule has 0 unspecified atom stereocenters. The van der Waals surface area contributed by atoms with Crippen LogP contribution in [0.2, 0.25) is 0 Å². The molecule has 0 radical (unpaired) electrons. The standard InChI is InChI=1S/C65H104O29/c1-12-25(2)54(83)88-36-21-60(5,6)19-29-28-13-14-33-62(9)17-16-35(61(7,8)32(62)15-18-63(33,10)64(28,11)20-34(69)65(29,36)24-68)89-59-52(94-56-46(79)42(75)39(72)30(22-66)86-56)48(47(80)49(91-59)53(81)82)90-58-51(44(77)40(73)31(23-67)87-58)93-57-50(43(76)38(71)27(4)85-57)92-55-45(78)41(74)37(70)26(3)84-55/h12-13,26-27,29-52,55-59,66-80H,14-24H2,1-11H3,(H,81,82)/b25-12-/t26-,27-,29-,30+,31+,32-,33+,34+,35-,36-,37-,38-,39+,40-,41+,42-,43+,44-,45+,46+,47-,48-,49-,50+,51+,52+,55-,56-,57-,58-,59+,62-,63+,64+,65-/m0/s1. The maximum Gasteiger partial charge on any atom is 0.335 e. The van der Waals surface area contributed by atoms with Crippen LogP contribution in [0.25, 0.3) is 0 Å². The average molecular weight is 1350 g/mol. The number of rotatable bonds is 16. The lowest BCUT2D eigenvalue weighted by Crippen LogP contribution is -2.70. The van der Waals surface area contributed by atoms with Crippen LogP contribution in [0.5, 0.6) is 0 Å². The summed E-state index contributed by atoms with van der Waals surface area (Å²) in [6.07, 6.45) is -42.1. The monoisotopic (exact) mass is 1350 g/mol. The van der Waals surface area contributed by atoms with E-state index in [0.29, 0.717) is 56.9 Å². The van der Waals surface area contributed by atoms with Crippen LogP contribution in [-0.2, 0) is 61.7 Å². The summed E-state index contributed by atoms with van der Waals surface area (Å²) in [6, 6.07) is 0. The fraction of sp³-hybridized carbons (Fsp3) is 0.908. The van der Waals surface area contributed by atoms with Gasteiger partial charge in [0.25, 0.3) is 0 Å². The quantitative estimate of drug-likeness (QED) is 0.0340. The van der Waals surface area contributed by atoms with E-state index >= 15 is 0 Å². The van der Waals surface area contributed by atoms with Gasteiger partial charge in [-0.3, -0.25) is 0 Å². The Morgan fingerprint density at radius 3 is 1.66 bits per heavy atom. The molecule has 10 aliphatic rings. The Balaban J connectivity index is 0.976. The van der Waals surface area contributed by atoms with E-state index in [2.05, 4.69) is 40.7 Å².